The van der Waals surface area contributed by atoms with Gasteiger partial charge >= 0.3 is 0 Å². The number of methoxy groups -OCH3 is 2. The van der Waals surface area contributed by atoms with E-state index in [2.05, 4.69) is 11.3 Å². The molecule has 0 saturated heterocycles. The van der Waals surface area contributed by atoms with Crippen molar-refractivity contribution in [2.24, 2.45) is 0 Å². The minimum atomic E-state index is 0.686. The van der Waals surface area contributed by atoms with E-state index in [4.69, 9.17) is 9.47 Å². The smallest absolute Gasteiger partial charge is 0.162 e. The Bertz CT molecular complexity index is 438. The first-order valence-electron chi connectivity index (χ1n) is 4.49. The van der Waals surface area contributed by atoms with Crippen molar-refractivity contribution < 1.29 is 9.47 Å². The largest absolute Gasteiger partial charge is 0.493 e. The average molecular weight is 203 g/mol. The van der Waals surface area contributed by atoms with E-state index >= 15 is 0 Å². The monoisotopic (exact) mass is 203 g/mol. The molecule has 0 aliphatic rings. The Morgan fingerprint density at radius 3 is 2.60 bits per heavy atom. The van der Waals surface area contributed by atoms with Crippen molar-refractivity contribution in [1.29, 1.82) is 0 Å². The predicted octanol–water partition coefficient (Wildman–Crippen LogP) is 1.69. The predicted molar refractivity (Wildman–Crippen MR) is 55.5 cm³/mol. The molecule has 0 fully saturated rings. The van der Waals surface area contributed by atoms with Crippen LogP contribution < -0.4 is 9.47 Å². The maximum Gasteiger partial charge on any atom is 0.162 e. The van der Waals surface area contributed by atoms with Gasteiger partial charge in [-0.1, -0.05) is 0 Å². The normalized spacial score (nSPS) is 10.0. The van der Waals surface area contributed by atoms with Crippen LogP contribution in [0.15, 0.2) is 30.5 Å². The zero-order valence-corrected chi connectivity index (χ0v) is 8.60. The fraction of sp³-hybridized carbons (Fsp3) is 0.182. The van der Waals surface area contributed by atoms with Gasteiger partial charge in [0.1, 0.15) is 6.20 Å². The molecule has 77 valence electrons. The lowest BCUT2D eigenvalue weighted by Gasteiger charge is -2.09. The van der Waals surface area contributed by atoms with Gasteiger partial charge in [-0.2, -0.15) is 5.10 Å². The minimum Gasteiger partial charge on any atom is -0.493 e. The summed E-state index contributed by atoms with van der Waals surface area (Å²) in [5.41, 5.74) is 0.911. The van der Waals surface area contributed by atoms with Crippen LogP contribution in [0.5, 0.6) is 11.5 Å². The highest BCUT2D eigenvalue weighted by Gasteiger charge is 2.05. The first-order valence-corrected chi connectivity index (χ1v) is 4.49. The van der Waals surface area contributed by atoms with Gasteiger partial charge in [0.25, 0.3) is 0 Å². The van der Waals surface area contributed by atoms with Crippen LogP contribution >= 0.6 is 0 Å². The minimum absolute atomic E-state index is 0.686. The zero-order valence-electron chi connectivity index (χ0n) is 8.60. The molecule has 0 aliphatic carbocycles. The number of benzene rings is 1. The molecular weight excluding hydrogens is 192 g/mol. The van der Waals surface area contributed by atoms with Crippen molar-refractivity contribution in [2.75, 3.05) is 14.2 Å². The molecule has 1 radical (unpaired) electrons. The molecule has 1 heterocycles. The van der Waals surface area contributed by atoms with Gasteiger partial charge in [0.15, 0.2) is 11.5 Å². The van der Waals surface area contributed by atoms with Crippen molar-refractivity contribution in [2.45, 2.75) is 0 Å². The van der Waals surface area contributed by atoms with E-state index in [1.165, 1.54) is 0 Å². The van der Waals surface area contributed by atoms with Gasteiger partial charge in [0.2, 0.25) is 0 Å². The van der Waals surface area contributed by atoms with Gasteiger partial charge in [-0.25, -0.2) is 4.68 Å². The lowest BCUT2D eigenvalue weighted by molar-refractivity contribution is 0.354. The van der Waals surface area contributed by atoms with Crippen LogP contribution in [0.25, 0.3) is 5.69 Å². The van der Waals surface area contributed by atoms with Crippen LogP contribution in [0.4, 0.5) is 0 Å². The molecule has 0 atom stereocenters. The first kappa shape index (κ1) is 9.58. The third-order valence-electron chi connectivity index (χ3n) is 2.09. The van der Waals surface area contributed by atoms with Crippen molar-refractivity contribution in [3.8, 4) is 17.2 Å². The second-order valence-electron chi connectivity index (χ2n) is 2.93. The summed E-state index contributed by atoms with van der Waals surface area (Å²) < 4.78 is 12.1. The number of hydrogen-bond donors (Lipinski definition) is 0. The highest BCUT2D eigenvalue weighted by molar-refractivity contribution is 5.48. The van der Waals surface area contributed by atoms with Crippen molar-refractivity contribution in [3.05, 3.63) is 36.7 Å². The number of rotatable bonds is 3. The van der Waals surface area contributed by atoms with Gasteiger partial charge in [-0.15, -0.1) is 0 Å². The number of nitrogens with zero attached hydrogens (tertiary/aromatic N) is 2. The van der Waals surface area contributed by atoms with Crippen LogP contribution in [0.3, 0.4) is 0 Å². The molecule has 2 rings (SSSR count). The fourth-order valence-corrected chi connectivity index (χ4v) is 1.34. The summed E-state index contributed by atoms with van der Waals surface area (Å²) in [4.78, 5) is 0. The second-order valence-corrected chi connectivity index (χ2v) is 2.93. The van der Waals surface area contributed by atoms with E-state index in [1.807, 2.05) is 24.4 Å². The molecule has 0 unspecified atom stereocenters. The van der Waals surface area contributed by atoms with Crippen LogP contribution in [0, 0.1) is 6.20 Å². The van der Waals surface area contributed by atoms with E-state index in [-0.39, 0.29) is 0 Å². The maximum absolute atomic E-state index is 5.20. The van der Waals surface area contributed by atoms with Crippen LogP contribution in [-0.4, -0.2) is 24.0 Å². The topological polar surface area (TPSA) is 36.3 Å². The SMILES string of the molecule is COc1ccc(-n2cc[c]n2)cc1OC. The molecule has 1 aromatic heterocycles. The molecule has 2 aromatic rings. The molecule has 0 bridgehead atoms. The van der Waals surface area contributed by atoms with Gasteiger partial charge in [-0.05, 0) is 18.2 Å². The van der Waals surface area contributed by atoms with E-state index in [0.29, 0.717) is 11.5 Å². The molecule has 0 amide bonds. The Morgan fingerprint density at radius 2 is 2.00 bits per heavy atom. The zero-order chi connectivity index (χ0) is 10.7. The number of aromatic nitrogens is 2. The third-order valence-corrected chi connectivity index (χ3v) is 2.09. The highest BCUT2D eigenvalue weighted by Crippen LogP contribution is 2.28. The standard InChI is InChI=1S/C11H11N2O2/c1-14-10-5-4-9(8-11(10)15-2)13-7-3-6-12-13/h3-5,7-8H,1-2H3. The number of hydrogen-bond acceptors (Lipinski definition) is 3. The molecule has 0 saturated carbocycles. The fourth-order valence-electron chi connectivity index (χ4n) is 1.34. The summed E-state index contributed by atoms with van der Waals surface area (Å²) in [5, 5.41) is 4.01. The van der Waals surface area contributed by atoms with Crippen LogP contribution in [-0.2, 0) is 0 Å². The quantitative estimate of drug-likeness (QED) is 0.761. The van der Waals surface area contributed by atoms with E-state index in [0.717, 1.165) is 5.69 Å². The maximum atomic E-state index is 5.20. The van der Waals surface area contributed by atoms with Crippen molar-refractivity contribution >= 4 is 0 Å². The van der Waals surface area contributed by atoms with Crippen LogP contribution in [0.2, 0.25) is 0 Å². The lowest BCUT2D eigenvalue weighted by atomic mass is 10.3. The second kappa shape index (κ2) is 4.04. The van der Waals surface area contributed by atoms with Crippen molar-refractivity contribution in [1.82, 2.24) is 9.78 Å². The highest BCUT2D eigenvalue weighted by atomic mass is 16.5. The average Bonchev–Trinajstić information content (AvgIpc) is 2.81. The summed E-state index contributed by atoms with van der Waals surface area (Å²) >= 11 is 0. The molecule has 1 aromatic carbocycles. The van der Waals surface area contributed by atoms with Crippen molar-refractivity contribution in [3.63, 3.8) is 0 Å². The molecule has 0 N–H and O–H groups in total. The summed E-state index contributed by atoms with van der Waals surface area (Å²) in [7, 11) is 3.22. The summed E-state index contributed by atoms with van der Waals surface area (Å²) in [5.74, 6) is 1.39. The van der Waals surface area contributed by atoms with Gasteiger partial charge < -0.3 is 9.47 Å². The lowest BCUT2D eigenvalue weighted by Crippen LogP contribution is -1.96. The van der Waals surface area contributed by atoms with E-state index < -0.39 is 0 Å². The summed E-state index contributed by atoms with van der Waals surface area (Å²) in [6, 6.07) is 7.36. The molecule has 4 nitrogen and oxygen atoms in total. The Labute approximate surface area is 88.1 Å². The van der Waals surface area contributed by atoms with Gasteiger partial charge in [0, 0.05) is 12.3 Å². The van der Waals surface area contributed by atoms with E-state index in [9.17, 15) is 0 Å². The Kier molecular flexibility index (Phi) is 2.58. The Hall–Kier alpha value is -1.97. The molecular formula is C11H11N2O2. The molecule has 15 heavy (non-hydrogen) atoms. The van der Waals surface area contributed by atoms with E-state index in [1.54, 1.807) is 25.0 Å². The third kappa shape index (κ3) is 1.79. The Balaban J connectivity index is 2.43. The molecule has 4 heteroatoms. The molecule has 0 spiro atoms. The summed E-state index contributed by atoms with van der Waals surface area (Å²) in [6.45, 7) is 0. The van der Waals surface area contributed by atoms with Gasteiger partial charge in [0.05, 0.1) is 19.9 Å². The van der Waals surface area contributed by atoms with Crippen LogP contribution in [0.1, 0.15) is 0 Å². The summed E-state index contributed by atoms with van der Waals surface area (Å²) in [6.07, 6.45) is 4.56. The Morgan fingerprint density at radius 1 is 1.20 bits per heavy atom. The number of ether oxygens (including phenoxy) is 2. The molecule has 0 aliphatic heterocycles. The first-order chi connectivity index (χ1) is 7.35. The van der Waals surface area contributed by atoms with Gasteiger partial charge in [-0.3, -0.25) is 0 Å².